The summed E-state index contributed by atoms with van der Waals surface area (Å²) >= 11 is 0. The lowest BCUT2D eigenvalue weighted by Gasteiger charge is -2.27. The second-order valence-corrected chi connectivity index (χ2v) is 4.78. The lowest BCUT2D eigenvalue weighted by molar-refractivity contribution is -0.137. The molecule has 4 heteroatoms. The molecule has 0 bridgehead atoms. The van der Waals surface area contributed by atoms with E-state index in [1.165, 1.54) is 0 Å². The van der Waals surface area contributed by atoms with Crippen LogP contribution >= 0.6 is 0 Å². The van der Waals surface area contributed by atoms with Gasteiger partial charge in [-0.2, -0.15) is 0 Å². The summed E-state index contributed by atoms with van der Waals surface area (Å²) in [5.74, 6) is -0.108. The highest BCUT2D eigenvalue weighted by atomic mass is 16.5. The van der Waals surface area contributed by atoms with Gasteiger partial charge in [0.25, 0.3) is 0 Å². The summed E-state index contributed by atoms with van der Waals surface area (Å²) in [6, 6.07) is 5.77. The van der Waals surface area contributed by atoms with Gasteiger partial charge in [-0.3, -0.25) is 4.79 Å². The van der Waals surface area contributed by atoms with Crippen LogP contribution in [0.1, 0.15) is 25.8 Å². The highest BCUT2D eigenvalue weighted by molar-refractivity contribution is 5.70. The number of hydrogen-bond donors (Lipinski definition) is 2. The fourth-order valence-electron chi connectivity index (χ4n) is 1.71. The number of rotatable bonds is 5. The second kappa shape index (κ2) is 5.08. The number of aliphatic carboxylic acids is 1. The van der Waals surface area contributed by atoms with E-state index in [-0.39, 0.29) is 6.42 Å². The first-order valence-corrected chi connectivity index (χ1v) is 5.49. The van der Waals surface area contributed by atoms with Crippen molar-refractivity contribution in [1.82, 2.24) is 0 Å². The zero-order valence-corrected chi connectivity index (χ0v) is 10.7. The number of hydrogen-bond acceptors (Lipinski definition) is 3. The molecule has 0 spiro atoms. The molecule has 0 aliphatic carbocycles. The van der Waals surface area contributed by atoms with Crippen LogP contribution in [0.4, 0.5) is 5.69 Å². The maximum atomic E-state index is 10.8. The van der Waals surface area contributed by atoms with Gasteiger partial charge in [-0.1, -0.05) is 6.07 Å². The monoisotopic (exact) mass is 237 g/mol. The number of anilines is 1. The van der Waals surface area contributed by atoms with Gasteiger partial charge < -0.3 is 15.2 Å². The fraction of sp³-hybridized carbons (Fsp3) is 0.462. The van der Waals surface area contributed by atoms with E-state index in [4.69, 9.17) is 9.84 Å². The molecule has 0 saturated carbocycles. The number of carboxylic acids is 1. The summed E-state index contributed by atoms with van der Waals surface area (Å²) in [6.45, 7) is 5.68. The summed E-state index contributed by atoms with van der Waals surface area (Å²) in [4.78, 5) is 10.8. The summed E-state index contributed by atoms with van der Waals surface area (Å²) in [6.07, 6.45) is 0.0457. The van der Waals surface area contributed by atoms with Crippen molar-refractivity contribution in [2.75, 3.05) is 12.4 Å². The van der Waals surface area contributed by atoms with Crippen LogP contribution in [0.25, 0.3) is 0 Å². The molecule has 2 N–H and O–H groups in total. The van der Waals surface area contributed by atoms with Gasteiger partial charge >= 0.3 is 5.97 Å². The molecule has 0 aromatic heterocycles. The van der Waals surface area contributed by atoms with Crippen molar-refractivity contribution in [1.29, 1.82) is 0 Å². The van der Waals surface area contributed by atoms with Gasteiger partial charge in [0, 0.05) is 5.54 Å². The van der Waals surface area contributed by atoms with E-state index in [9.17, 15) is 4.79 Å². The molecule has 0 heterocycles. The summed E-state index contributed by atoms with van der Waals surface area (Å²) in [7, 11) is 1.60. The Morgan fingerprint density at radius 1 is 1.47 bits per heavy atom. The molecular weight excluding hydrogens is 218 g/mol. The molecule has 0 fully saturated rings. The van der Waals surface area contributed by atoms with E-state index < -0.39 is 11.5 Å². The lowest BCUT2D eigenvalue weighted by atomic mass is 10.00. The predicted octanol–water partition coefficient (Wildman–Crippen LogP) is 2.67. The molecule has 0 aliphatic heterocycles. The van der Waals surface area contributed by atoms with E-state index in [1.807, 2.05) is 39.0 Å². The van der Waals surface area contributed by atoms with Gasteiger partial charge in [-0.05, 0) is 38.5 Å². The van der Waals surface area contributed by atoms with Gasteiger partial charge in [0.05, 0.1) is 19.2 Å². The zero-order chi connectivity index (χ0) is 13.1. The minimum absolute atomic E-state index is 0.0457. The number of carbonyl (C=O) groups is 1. The Hall–Kier alpha value is -1.71. The third-order valence-corrected chi connectivity index (χ3v) is 2.42. The first-order valence-electron chi connectivity index (χ1n) is 5.49. The fourth-order valence-corrected chi connectivity index (χ4v) is 1.71. The first kappa shape index (κ1) is 13.4. The lowest BCUT2D eigenvalue weighted by Crippen LogP contribution is -2.33. The molecule has 17 heavy (non-hydrogen) atoms. The topological polar surface area (TPSA) is 58.6 Å². The number of methoxy groups -OCH3 is 1. The summed E-state index contributed by atoms with van der Waals surface area (Å²) in [5.41, 5.74) is 1.39. The molecule has 1 rings (SSSR count). The van der Waals surface area contributed by atoms with Crippen LogP contribution in [0.5, 0.6) is 5.75 Å². The van der Waals surface area contributed by atoms with Crippen molar-refractivity contribution < 1.29 is 14.6 Å². The molecule has 0 aliphatic rings. The smallest absolute Gasteiger partial charge is 0.305 e. The van der Waals surface area contributed by atoms with Crippen molar-refractivity contribution >= 4 is 11.7 Å². The average Bonchev–Trinajstić information content (AvgIpc) is 2.14. The van der Waals surface area contributed by atoms with Gasteiger partial charge in [-0.15, -0.1) is 0 Å². The van der Waals surface area contributed by atoms with Gasteiger partial charge in [0.15, 0.2) is 0 Å². The number of ether oxygens (including phenoxy) is 1. The molecule has 0 saturated heterocycles. The molecule has 0 amide bonds. The maximum Gasteiger partial charge on any atom is 0.305 e. The zero-order valence-electron chi connectivity index (χ0n) is 10.7. The number of nitrogens with one attached hydrogen (secondary N) is 1. The second-order valence-electron chi connectivity index (χ2n) is 4.78. The third-order valence-electron chi connectivity index (χ3n) is 2.42. The van der Waals surface area contributed by atoms with E-state index >= 15 is 0 Å². The Balaban J connectivity index is 2.93. The molecule has 94 valence electrons. The standard InChI is InChI=1S/C13H19NO3/c1-9-5-6-11(17-4)10(7-9)14-13(2,3)8-12(15)16/h5-7,14H,8H2,1-4H3,(H,15,16). The minimum Gasteiger partial charge on any atom is -0.495 e. The van der Waals surface area contributed by atoms with Gasteiger partial charge in [0.1, 0.15) is 5.75 Å². The van der Waals surface area contributed by atoms with Gasteiger partial charge in [0.2, 0.25) is 0 Å². The Bertz CT molecular complexity index is 413. The molecule has 0 atom stereocenters. The van der Waals surface area contributed by atoms with E-state index in [0.29, 0.717) is 5.75 Å². The largest absolute Gasteiger partial charge is 0.495 e. The van der Waals surface area contributed by atoms with E-state index in [2.05, 4.69) is 5.32 Å². The van der Waals surface area contributed by atoms with Crippen LogP contribution < -0.4 is 10.1 Å². The third kappa shape index (κ3) is 3.98. The van der Waals surface area contributed by atoms with Crippen molar-refractivity contribution in [3.05, 3.63) is 23.8 Å². The van der Waals surface area contributed by atoms with Crippen LogP contribution in [-0.2, 0) is 4.79 Å². The highest BCUT2D eigenvalue weighted by Crippen LogP contribution is 2.29. The van der Waals surface area contributed by atoms with Crippen molar-refractivity contribution in [2.45, 2.75) is 32.7 Å². The number of benzene rings is 1. The Morgan fingerprint density at radius 2 is 2.12 bits per heavy atom. The predicted molar refractivity (Wildman–Crippen MR) is 67.7 cm³/mol. The quantitative estimate of drug-likeness (QED) is 0.826. The summed E-state index contributed by atoms with van der Waals surface area (Å²) in [5, 5.41) is 12.0. The van der Waals surface area contributed by atoms with Crippen molar-refractivity contribution in [3.8, 4) is 5.75 Å². The van der Waals surface area contributed by atoms with E-state index in [0.717, 1.165) is 11.3 Å². The Morgan fingerprint density at radius 3 is 2.65 bits per heavy atom. The molecule has 1 aromatic rings. The Kier molecular flexibility index (Phi) is 3.99. The van der Waals surface area contributed by atoms with Crippen LogP contribution in [0.2, 0.25) is 0 Å². The van der Waals surface area contributed by atoms with Crippen molar-refractivity contribution in [2.24, 2.45) is 0 Å². The maximum absolute atomic E-state index is 10.8. The van der Waals surface area contributed by atoms with Crippen LogP contribution in [0, 0.1) is 6.92 Å². The normalized spacial score (nSPS) is 11.1. The molecular formula is C13H19NO3. The minimum atomic E-state index is -0.825. The van der Waals surface area contributed by atoms with Crippen LogP contribution in [-0.4, -0.2) is 23.7 Å². The van der Waals surface area contributed by atoms with Crippen LogP contribution in [0.3, 0.4) is 0 Å². The highest BCUT2D eigenvalue weighted by Gasteiger charge is 2.22. The molecule has 0 unspecified atom stereocenters. The molecule has 0 radical (unpaired) electrons. The Labute approximate surface area is 102 Å². The first-order chi connectivity index (χ1) is 7.84. The number of aryl methyl sites for hydroxylation is 1. The van der Waals surface area contributed by atoms with Crippen molar-refractivity contribution in [3.63, 3.8) is 0 Å². The average molecular weight is 237 g/mol. The molecule has 4 nitrogen and oxygen atoms in total. The molecule has 1 aromatic carbocycles. The summed E-state index contributed by atoms with van der Waals surface area (Å²) < 4.78 is 5.24. The van der Waals surface area contributed by atoms with Crippen LogP contribution in [0.15, 0.2) is 18.2 Å². The number of carboxylic acid groups (broad SMARTS) is 1. The van der Waals surface area contributed by atoms with E-state index in [1.54, 1.807) is 7.11 Å². The van der Waals surface area contributed by atoms with Gasteiger partial charge in [-0.25, -0.2) is 0 Å². The SMILES string of the molecule is COc1ccc(C)cc1NC(C)(C)CC(=O)O.